The first-order chi connectivity index (χ1) is 17.1. The highest BCUT2D eigenvalue weighted by molar-refractivity contribution is 7.09. The summed E-state index contributed by atoms with van der Waals surface area (Å²) in [4.78, 5) is 30.2. The molecule has 1 spiro atoms. The Hall–Kier alpha value is -2.98. The molecule has 16 heteroatoms. The summed E-state index contributed by atoms with van der Waals surface area (Å²) in [6.45, 7) is 5.78. The highest BCUT2D eigenvalue weighted by Crippen LogP contribution is 2.37. The van der Waals surface area contributed by atoms with Crippen LogP contribution in [0.25, 0.3) is 0 Å². The highest BCUT2D eigenvalue weighted by Gasteiger charge is 2.46. The summed E-state index contributed by atoms with van der Waals surface area (Å²) in [6, 6.07) is 5.75. The second-order valence-corrected chi connectivity index (χ2v) is 8.97. The fraction of sp³-hybridized carbons (Fsp3) is 0.524. The van der Waals surface area contributed by atoms with Crippen LogP contribution < -0.4 is 4.74 Å². The number of halogens is 6. The van der Waals surface area contributed by atoms with Crippen LogP contribution in [0.2, 0.25) is 0 Å². The first kappa shape index (κ1) is 30.2. The summed E-state index contributed by atoms with van der Waals surface area (Å²) in [5.74, 6) is -4.83. The van der Waals surface area contributed by atoms with Gasteiger partial charge in [0.15, 0.2) is 0 Å². The molecule has 2 aromatic rings. The molecule has 2 atom stereocenters. The summed E-state index contributed by atoms with van der Waals surface area (Å²) in [6.07, 6.45) is -6.28. The second-order valence-electron chi connectivity index (χ2n) is 8.03. The van der Waals surface area contributed by atoms with Gasteiger partial charge in [0.2, 0.25) is 5.88 Å². The Morgan fingerprint density at radius 3 is 2.27 bits per heavy atom. The number of carboxylic acids is 2. The summed E-state index contributed by atoms with van der Waals surface area (Å²) in [5, 5.41) is 14.2. The summed E-state index contributed by atoms with van der Waals surface area (Å²) in [7, 11) is 0. The molecule has 0 amide bonds. The van der Waals surface area contributed by atoms with E-state index >= 15 is 0 Å². The minimum Gasteiger partial charge on any atom is -0.475 e. The summed E-state index contributed by atoms with van der Waals surface area (Å²) >= 11 is 1.74. The lowest BCUT2D eigenvalue weighted by Crippen LogP contribution is -2.33. The molecule has 2 fully saturated rings. The number of thiazole rings is 1. The number of nitrogens with zero attached hydrogens (tertiary/aromatic N) is 3. The highest BCUT2D eigenvalue weighted by atomic mass is 32.1. The van der Waals surface area contributed by atoms with Crippen molar-refractivity contribution in [3.63, 3.8) is 0 Å². The summed E-state index contributed by atoms with van der Waals surface area (Å²) in [5.41, 5.74) is 3.04. The van der Waals surface area contributed by atoms with Crippen molar-refractivity contribution in [2.45, 2.75) is 50.4 Å². The van der Waals surface area contributed by atoms with E-state index in [2.05, 4.69) is 21.8 Å². The molecule has 0 bridgehead atoms. The topological polar surface area (TPSA) is 122 Å². The molecular formula is C21H23F6N3O6S. The van der Waals surface area contributed by atoms with Gasteiger partial charge in [-0.3, -0.25) is 4.90 Å². The molecule has 4 rings (SSSR count). The number of ether oxygens (including phenoxy) is 2. The van der Waals surface area contributed by atoms with Gasteiger partial charge in [0.1, 0.15) is 6.10 Å². The molecule has 0 saturated carbocycles. The third kappa shape index (κ3) is 9.77. The second kappa shape index (κ2) is 12.5. The van der Waals surface area contributed by atoms with Crippen molar-refractivity contribution in [1.82, 2.24) is 14.9 Å². The summed E-state index contributed by atoms with van der Waals surface area (Å²) < 4.78 is 75.6. The van der Waals surface area contributed by atoms with E-state index in [-0.39, 0.29) is 11.7 Å². The number of aromatic nitrogens is 2. The van der Waals surface area contributed by atoms with Gasteiger partial charge in [0, 0.05) is 43.2 Å². The SMILES string of the molecule is Cc1ncsc1CN1CC[C@]2(C[C@H](Oc3ccccn3)CO2)C1.O=C(O)C(F)(F)F.O=C(O)C(F)(F)F. The van der Waals surface area contributed by atoms with Crippen molar-refractivity contribution >= 4 is 23.3 Å². The molecule has 2 aliphatic rings. The number of pyridine rings is 1. The van der Waals surface area contributed by atoms with E-state index in [0.29, 0.717) is 12.5 Å². The number of carboxylic acid groups (broad SMARTS) is 2. The minimum atomic E-state index is -5.08. The van der Waals surface area contributed by atoms with Gasteiger partial charge in [-0.05, 0) is 19.4 Å². The van der Waals surface area contributed by atoms with Gasteiger partial charge >= 0.3 is 24.3 Å². The van der Waals surface area contributed by atoms with Gasteiger partial charge in [-0.2, -0.15) is 26.3 Å². The minimum absolute atomic E-state index is 0.0436. The number of hydrogen-bond donors (Lipinski definition) is 2. The zero-order valence-electron chi connectivity index (χ0n) is 19.3. The van der Waals surface area contributed by atoms with Crippen molar-refractivity contribution in [1.29, 1.82) is 0 Å². The molecular weight excluding hydrogens is 536 g/mol. The van der Waals surface area contributed by atoms with E-state index in [1.165, 1.54) is 4.88 Å². The maximum atomic E-state index is 10.6. The lowest BCUT2D eigenvalue weighted by Gasteiger charge is -2.23. The van der Waals surface area contributed by atoms with E-state index in [9.17, 15) is 26.3 Å². The molecule has 206 valence electrons. The molecule has 2 aromatic heterocycles. The Balaban J connectivity index is 0.000000286. The number of aliphatic carboxylic acids is 2. The van der Waals surface area contributed by atoms with E-state index in [4.69, 9.17) is 29.3 Å². The molecule has 9 nitrogen and oxygen atoms in total. The number of alkyl halides is 6. The van der Waals surface area contributed by atoms with Crippen LogP contribution in [0.15, 0.2) is 29.9 Å². The zero-order valence-corrected chi connectivity index (χ0v) is 20.1. The average Bonchev–Trinajstić information content (AvgIpc) is 3.50. The molecule has 2 saturated heterocycles. The van der Waals surface area contributed by atoms with Crippen molar-refractivity contribution in [3.05, 3.63) is 40.5 Å². The van der Waals surface area contributed by atoms with Crippen LogP contribution in [-0.4, -0.2) is 80.8 Å². The predicted octanol–water partition coefficient (Wildman–Crippen LogP) is 3.93. The lowest BCUT2D eigenvalue weighted by atomic mass is 9.98. The lowest BCUT2D eigenvalue weighted by molar-refractivity contribution is -0.193. The molecule has 2 N–H and O–H groups in total. The smallest absolute Gasteiger partial charge is 0.475 e. The van der Waals surface area contributed by atoms with E-state index in [1.807, 2.05) is 23.7 Å². The molecule has 2 aliphatic heterocycles. The van der Waals surface area contributed by atoms with Gasteiger partial charge in [0.05, 0.1) is 23.4 Å². The molecule has 0 unspecified atom stereocenters. The number of hydrogen-bond acceptors (Lipinski definition) is 8. The largest absolute Gasteiger partial charge is 0.490 e. The Morgan fingerprint density at radius 1 is 1.16 bits per heavy atom. The average molecular weight is 559 g/mol. The molecule has 0 radical (unpaired) electrons. The Kier molecular flexibility index (Phi) is 10.2. The van der Waals surface area contributed by atoms with Crippen molar-refractivity contribution in [2.24, 2.45) is 0 Å². The fourth-order valence-corrected chi connectivity index (χ4v) is 4.31. The normalized spacial score (nSPS) is 21.5. The van der Waals surface area contributed by atoms with E-state index in [0.717, 1.165) is 38.2 Å². The number of likely N-dealkylation sites (tertiary alicyclic amines) is 1. The molecule has 0 aliphatic carbocycles. The van der Waals surface area contributed by atoms with E-state index in [1.54, 1.807) is 17.5 Å². The standard InChI is InChI=1S/C17H21N3O2S.2C2HF3O2/c1-13-15(23-12-19-13)9-20-7-5-17(11-20)8-14(10-21-17)22-16-4-2-3-6-18-16;2*3-2(4,5)1(6)7/h2-4,6,12,14H,5,7-11H2,1H3;2*(H,6,7)/t14-,17-;;/m0../s1. The monoisotopic (exact) mass is 559 g/mol. The maximum absolute atomic E-state index is 10.6. The first-order valence-electron chi connectivity index (χ1n) is 10.5. The van der Waals surface area contributed by atoms with Crippen molar-refractivity contribution in [2.75, 3.05) is 19.7 Å². The Labute approximate surface area is 210 Å². The Bertz CT molecular complexity index is 1010. The fourth-order valence-electron chi connectivity index (χ4n) is 3.49. The van der Waals surface area contributed by atoms with E-state index < -0.39 is 24.3 Å². The van der Waals surface area contributed by atoms with Crippen LogP contribution in [0.3, 0.4) is 0 Å². The van der Waals surface area contributed by atoms with Crippen molar-refractivity contribution < 1.29 is 55.6 Å². The molecule has 0 aromatic carbocycles. The molecule has 37 heavy (non-hydrogen) atoms. The maximum Gasteiger partial charge on any atom is 0.490 e. The third-order valence-corrected chi connectivity index (χ3v) is 6.11. The third-order valence-electron chi connectivity index (χ3n) is 5.19. The van der Waals surface area contributed by atoms with Crippen LogP contribution in [0.5, 0.6) is 5.88 Å². The number of aryl methyl sites for hydroxylation is 1. The predicted molar refractivity (Wildman–Crippen MR) is 116 cm³/mol. The number of carbonyl (C=O) groups is 2. The van der Waals surface area contributed by atoms with Crippen LogP contribution in [0.1, 0.15) is 23.4 Å². The van der Waals surface area contributed by atoms with Crippen LogP contribution in [0.4, 0.5) is 26.3 Å². The first-order valence-corrected chi connectivity index (χ1v) is 11.4. The molecule has 4 heterocycles. The van der Waals surface area contributed by atoms with Gasteiger partial charge in [0.25, 0.3) is 0 Å². The zero-order chi connectivity index (χ0) is 27.9. The number of rotatable bonds is 4. The quantitative estimate of drug-likeness (QED) is 0.537. The Morgan fingerprint density at radius 2 is 1.78 bits per heavy atom. The van der Waals surface area contributed by atoms with Gasteiger partial charge in [-0.1, -0.05) is 6.07 Å². The van der Waals surface area contributed by atoms with Crippen LogP contribution in [0, 0.1) is 6.92 Å². The van der Waals surface area contributed by atoms with Crippen LogP contribution in [-0.2, 0) is 20.9 Å². The van der Waals surface area contributed by atoms with Gasteiger partial charge < -0.3 is 19.7 Å². The van der Waals surface area contributed by atoms with Crippen molar-refractivity contribution in [3.8, 4) is 5.88 Å². The van der Waals surface area contributed by atoms with Crippen LogP contribution >= 0.6 is 11.3 Å². The van der Waals surface area contributed by atoms with Gasteiger partial charge in [-0.25, -0.2) is 19.6 Å². The van der Waals surface area contributed by atoms with Gasteiger partial charge in [-0.15, -0.1) is 11.3 Å².